The molecule has 1 rings (SSSR count). The van der Waals surface area contributed by atoms with Gasteiger partial charge in [0.15, 0.2) is 0 Å². The standard InChI is InChI=1S/C13H22/c1-3-4-7-12(2)10-11-13-8-5-6-9-13/h3-4,7,12-13H,1,5-6,8-11H2,2H3/t12-/m1/s1. The first-order valence-corrected chi connectivity index (χ1v) is 5.62. The highest BCUT2D eigenvalue weighted by Crippen LogP contribution is 2.29. The van der Waals surface area contributed by atoms with E-state index < -0.39 is 0 Å². The van der Waals surface area contributed by atoms with Crippen LogP contribution >= 0.6 is 0 Å². The zero-order valence-corrected chi connectivity index (χ0v) is 8.84. The summed E-state index contributed by atoms with van der Waals surface area (Å²) in [5.74, 6) is 1.78. The maximum atomic E-state index is 3.68. The molecule has 1 aliphatic rings. The average Bonchev–Trinajstić information content (AvgIpc) is 2.64. The van der Waals surface area contributed by atoms with Crippen LogP contribution in [0.4, 0.5) is 0 Å². The first-order chi connectivity index (χ1) is 6.33. The minimum absolute atomic E-state index is 0.735. The van der Waals surface area contributed by atoms with Gasteiger partial charge in [-0.2, -0.15) is 0 Å². The average molecular weight is 178 g/mol. The summed E-state index contributed by atoms with van der Waals surface area (Å²) in [6, 6.07) is 0. The molecule has 0 aromatic carbocycles. The highest BCUT2D eigenvalue weighted by molar-refractivity contribution is 4.99. The van der Waals surface area contributed by atoms with Crippen LogP contribution in [0.5, 0.6) is 0 Å². The summed E-state index contributed by atoms with van der Waals surface area (Å²) < 4.78 is 0. The van der Waals surface area contributed by atoms with Crippen molar-refractivity contribution in [2.24, 2.45) is 11.8 Å². The van der Waals surface area contributed by atoms with E-state index in [-0.39, 0.29) is 0 Å². The van der Waals surface area contributed by atoms with Gasteiger partial charge in [0.2, 0.25) is 0 Å². The molecular weight excluding hydrogens is 156 g/mol. The Hall–Kier alpha value is -0.520. The predicted molar refractivity (Wildman–Crippen MR) is 59.7 cm³/mol. The van der Waals surface area contributed by atoms with E-state index in [1.807, 2.05) is 6.08 Å². The van der Waals surface area contributed by atoms with Crippen LogP contribution in [0.15, 0.2) is 24.8 Å². The molecule has 0 aromatic heterocycles. The molecule has 0 spiro atoms. The number of hydrogen-bond donors (Lipinski definition) is 0. The van der Waals surface area contributed by atoms with Gasteiger partial charge in [-0.3, -0.25) is 0 Å². The van der Waals surface area contributed by atoms with Gasteiger partial charge < -0.3 is 0 Å². The van der Waals surface area contributed by atoms with Crippen molar-refractivity contribution in [3.8, 4) is 0 Å². The summed E-state index contributed by atoms with van der Waals surface area (Å²) in [6.45, 7) is 5.98. The Morgan fingerprint density at radius 3 is 2.69 bits per heavy atom. The third kappa shape index (κ3) is 4.31. The van der Waals surface area contributed by atoms with Crippen LogP contribution in [0.1, 0.15) is 45.4 Å². The lowest BCUT2D eigenvalue weighted by Gasteiger charge is -2.10. The van der Waals surface area contributed by atoms with Gasteiger partial charge in [-0.1, -0.05) is 57.4 Å². The molecule has 0 N–H and O–H groups in total. The van der Waals surface area contributed by atoms with E-state index in [0.29, 0.717) is 0 Å². The Labute approximate surface area is 82.7 Å². The van der Waals surface area contributed by atoms with Crippen molar-refractivity contribution in [1.82, 2.24) is 0 Å². The minimum Gasteiger partial charge on any atom is -0.0991 e. The van der Waals surface area contributed by atoms with E-state index in [4.69, 9.17) is 0 Å². The monoisotopic (exact) mass is 178 g/mol. The summed E-state index contributed by atoms with van der Waals surface area (Å²) in [5, 5.41) is 0. The third-order valence-electron chi connectivity index (χ3n) is 3.08. The minimum atomic E-state index is 0.735. The summed E-state index contributed by atoms with van der Waals surface area (Å²) in [7, 11) is 0. The SMILES string of the molecule is C=CC=C[C@@H](C)CCC1CCCC1. The largest absolute Gasteiger partial charge is 0.0991 e. The topological polar surface area (TPSA) is 0 Å². The Bertz CT molecular complexity index is 161. The third-order valence-corrected chi connectivity index (χ3v) is 3.08. The van der Waals surface area contributed by atoms with Crippen LogP contribution in [0.25, 0.3) is 0 Å². The Kier molecular flexibility index (Phi) is 4.88. The van der Waals surface area contributed by atoms with Crippen LogP contribution in [-0.4, -0.2) is 0 Å². The molecule has 0 heteroatoms. The lowest BCUT2D eigenvalue weighted by molar-refractivity contribution is 0.450. The van der Waals surface area contributed by atoms with Gasteiger partial charge in [-0.25, -0.2) is 0 Å². The quantitative estimate of drug-likeness (QED) is 0.549. The van der Waals surface area contributed by atoms with Gasteiger partial charge in [0, 0.05) is 0 Å². The van der Waals surface area contributed by atoms with Crippen molar-refractivity contribution < 1.29 is 0 Å². The molecule has 0 saturated heterocycles. The highest BCUT2D eigenvalue weighted by Gasteiger charge is 2.14. The molecule has 1 atom stereocenters. The van der Waals surface area contributed by atoms with Gasteiger partial charge in [0.05, 0.1) is 0 Å². The molecule has 0 heterocycles. The zero-order chi connectivity index (χ0) is 9.52. The second-order valence-electron chi connectivity index (χ2n) is 4.33. The van der Waals surface area contributed by atoms with Gasteiger partial charge in [-0.15, -0.1) is 0 Å². The predicted octanol–water partition coefficient (Wildman–Crippen LogP) is 4.34. The summed E-state index contributed by atoms with van der Waals surface area (Å²) in [6.07, 6.45) is 14.9. The fourth-order valence-electron chi connectivity index (χ4n) is 2.16. The molecular formula is C13H22. The van der Waals surface area contributed by atoms with Crippen molar-refractivity contribution in [3.63, 3.8) is 0 Å². The summed E-state index contributed by atoms with van der Waals surface area (Å²) >= 11 is 0. The van der Waals surface area contributed by atoms with Crippen molar-refractivity contribution in [2.45, 2.75) is 45.4 Å². The molecule has 74 valence electrons. The summed E-state index contributed by atoms with van der Waals surface area (Å²) in [5.41, 5.74) is 0. The first-order valence-electron chi connectivity index (χ1n) is 5.62. The molecule has 0 bridgehead atoms. The smallest absolute Gasteiger partial charge is 0.0259 e. The lowest BCUT2D eigenvalue weighted by Crippen LogP contribution is -1.97. The molecule has 0 unspecified atom stereocenters. The van der Waals surface area contributed by atoms with E-state index in [1.54, 1.807) is 0 Å². The molecule has 0 amide bonds. The van der Waals surface area contributed by atoms with E-state index >= 15 is 0 Å². The van der Waals surface area contributed by atoms with Crippen LogP contribution in [0.3, 0.4) is 0 Å². The van der Waals surface area contributed by atoms with Crippen LogP contribution in [0, 0.1) is 11.8 Å². The van der Waals surface area contributed by atoms with E-state index in [0.717, 1.165) is 11.8 Å². The molecule has 1 aliphatic carbocycles. The second-order valence-corrected chi connectivity index (χ2v) is 4.33. The fourth-order valence-corrected chi connectivity index (χ4v) is 2.16. The summed E-state index contributed by atoms with van der Waals surface area (Å²) in [4.78, 5) is 0. The van der Waals surface area contributed by atoms with E-state index in [9.17, 15) is 0 Å². The maximum absolute atomic E-state index is 3.68. The molecule has 0 aromatic rings. The lowest BCUT2D eigenvalue weighted by atomic mass is 9.95. The van der Waals surface area contributed by atoms with Gasteiger partial charge in [0.25, 0.3) is 0 Å². The van der Waals surface area contributed by atoms with Crippen molar-refractivity contribution in [2.75, 3.05) is 0 Å². The molecule has 1 saturated carbocycles. The first kappa shape index (κ1) is 10.6. The Balaban J connectivity index is 2.09. The van der Waals surface area contributed by atoms with Gasteiger partial charge in [-0.05, 0) is 24.7 Å². The molecule has 0 radical (unpaired) electrons. The van der Waals surface area contributed by atoms with Gasteiger partial charge >= 0.3 is 0 Å². The zero-order valence-electron chi connectivity index (χ0n) is 8.84. The van der Waals surface area contributed by atoms with Crippen molar-refractivity contribution in [1.29, 1.82) is 0 Å². The number of rotatable bonds is 5. The molecule has 13 heavy (non-hydrogen) atoms. The van der Waals surface area contributed by atoms with Crippen molar-refractivity contribution in [3.05, 3.63) is 24.8 Å². The maximum Gasteiger partial charge on any atom is -0.0259 e. The number of allylic oxidation sites excluding steroid dienone is 3. The van der Waals surface area contributed by atoms with E-state index in [2.05, 4.69) is 25.7 Å². The van der Waals surface area contributed by atoms with E-state index in [1.165, 1.54) is 38.5 Å². The Morgan fingerprint density at radius 2 is 2.08 bits per heavy atom. The normalized spacial score (nSPS) is 21.0. The second kappa shape index (κ2) is 6.01. The Morgan fingerprint density at radius 1 is 1.38 bits per heavy atom. The fraction of sp³-hybridized carbons (Fsp3) is 0.692. The molecule has 0 aliphatic heterocycles. The van der Waals surface area contributed by atoms with Crippen LogP contribution < -0.4 is 0 Å². The van der Waals surface area contributed by atoms with Crippen LogP contribution in [0.2, 0.25) is 0 Å². The molecule has 1 fully saturated rings. The van der Waals surface area contributed by atoms with Crippen molar-refractivity contribution >= 4 is 0 Å². The van der Waals surface area contributed by atoms with Gasteiger partial charge in [0.1, 0.15) is 0 Å². The number of hydrogen-bond acceptors (Lipinski definition) is 0. The molecule has 0 nitrogen and oxygen atoms in total. The highest BCUT2D eigenvalue weighted by atomic mass is 14.2. The van der Waals surface area contributed by atoms with Crippen LogP contribution in [-0.2, 0) is 0 Å².